The van der Waals surface area contributed by atoms with Gasteiger partial charge in [-0.15, -0.1) is 0 Å². The summed E-state index contributed by atoms with van der Waals surface area (Å²) in [4.78, 5) is 0. The van der Waals surface area contributed by atoms with E-state index in [9.17, 15) is 9.50 Å². The summed E-state index contributed by atoms with van der Waals surface area (Å²) in [5.41, 5.74) is 3.79. The highest BCUT2D eigenvalue weighted by molar-refractivity contribution is 5.70. The van der Waals surface area contributed by atoms with E-state index in [4.69, 9.17) is 9.26 Å². The zero-order chi connectivity index (χ0) is 18.0. The van der Waals surface area contributed by atoms with Crippen LogP contribution in [0.4, 0.5) is 4.39 Å². The van der Waals surface area contributed by atoms with E-state index in [1.165, 1.54) is 12.1 Å². The van der Waals surface area contributed by atoms with Gasteiger partial charge in [0.25, 0.3) is 0 Å². The van der Waals surface area contributed by atoms with E-state index in [0.29, 0.717) is 29.2 Å². The van der Waals surface area contributed by atoms with Gasteiger partial charge in [-0.1, -0.05) is 17.3 Å². The predicted octanol–water partition coefficient (Wildman–Crippen LogP) is 4.58. The first kappa shape index (κ1) is 17.2. The number of rotatable bonds is 5. The minimum Gasteiger partial charge on any atom is -0.494 e. The summed E-state index contributed by atoms with van der Waals surface area (Å²) >= 11 is 0. The Morgan fingerprint density at radius 2 is 1.84 bits per heavy atom. The molecule has 1 aromatic heterocycles. The lowest BCUT2D eigenvalue weighted by molar-refractivity contribution is 0.219. The number of halogens is 1. The van der Waals surface area contributed by atoms with Crippen molar-refractivity contribution in [2.45, 2.75) is 26.9 Å². The summed E-state index contributed by atoms with van der Waals surface area (Å²) in [6.07, 6.45) is -0.889. The lowest BCUT2D eigenvalue weighted by Gasteiger charge is -2.15. The highest BCUT2D eigenvalue weighted by Gasteiger charge is 2.17. The normalized spacial score (nSPS) is 12.2. The molecule has 130 valence electrons. The molecule has 1 heterocycles. The Morgan fingerprint density at radius 3 is 2.44 bits per heavy atom. The van der Waals surface area contributed by atoms with Crippen LogP contribution in [0, 0.1) is 19.7 Å². The maximum Gasteiger partial charge on any atom is 0.141 e. The molecule has 0 saturated heterocycles. The Kier molecular flexibility index (Phi) is 4.86. The highest BCUT2D eigenvalue weighted by atomic mass is 19.1. The topological polar surface area (TPSA) is 55.5 Å². The fraction of sp³-hybridized carbons (Fsp3) is 0.250. The molecular formula is C20H20FNO3. The first-order valence-corrected chi connectivity index (χ1v) is 8.14. The summed E-state index contributed by atoms with van der Waals surface area (Å²) < 4.78 is 24.0. The van der Waals surface area contributed by atoms with Gasteiger partial charge < -0.3 is 14.4 Å². The van der Waals surface area contributed by atoms with Crippen LogP contribution < -0.4 is 4.74 Å². The maximum atomic E-state index is 13.1. The third kappa shape index (κ3) is 3.56. The Bertz CT molecular complexity index is 852. The molecule has 25 heavy (non-hydrogen) atoms. The number of hydrogen-bond acceptors (Lipinski definition) is 4. The monoisotopic (exact) mass is 341 g/mol. The molecule has 1 unspecified atom stereocenters. The SMILES string of the molecule is CCOc1cc(-c2c(C)noc2C)cc(C(O)c2ccc(F)cc2)c1. The number of nitrogens with zero attached hydrogens (tertiary/aromatic N) is 1. The quantitative estimate of drug-likeness (QED) is 0.738. The van der Waals surface area contributed by atoms with Crippen LogP contribution in [0.1, 0.15) is 35.6 Å². The molecule has 0 aliphatic heterocycles. The van der Waals surface area contributed by atoms with Gasteiger partial charge in [0.15, 0.2) is 0 Å². The average molecular weight is 341 g/mol. The average Bonchev–Trinajstić information content (AvgIpc) is 2.93. The van der Waals surface area contributed by atoms with Crippen molar-refractivity contribution in [3.05, 3.63) is 70.9 Å². The summed E-state index contributed by atoms with van der Waals surface area (Å²) in [5.74, 6) is 1.01. The fourth-order valence-corrected chi connectivity index (χ4v) is 2.91. The predicted molar refractivity (Wildman–Crippen MR) is 93.0 cm³/mol. The van der Waals surface area contributed by atoms with Gasteiger partial charge in [-0.2, -0.15) is 0 Å². The Morgan fingerprint density at radius 1 is 1.12 bits per heavy atom. The van der Waals surface area contributed by atoms with Crippen molar-refractivity contribution in [1.82, 2.24) is 5.16 Å². The molecule has 0 aliphatic rings. The molecule has 0 spiro atoms. The van der Waals surface area contributed by atoms with Crippen molar-refractivity contribution in [2.24, 2.45) is 0 Å². The zero-order valence-corrected chi connectivity index (χ0v) is 14.4. The van der Waals surface area contributed by atoms with Crippen molar-refractivity contribution in [3.8, 4) is 16.9 Å². The summed E-state index contributed by atoms with van der Waals surface area (Å²) in [7, 11) is 0. The van der Waals surface area contributed by atoms with Gasteiger partial charge in [0.05, 0.1) is 12.3 Å². The van der Waals surface area contributed by atoms with Gasteiger partial charge in [0.2, 0.25) is 0 Å². The van der Waals surface area contributed by atoms with Crippen LogP contribution in [0.15, 0.2) is 47.0 Å². The smallest absolute Gasteiger partial charge is 0.141 e. The highest BCUT2D eigenvalue weighted by Crippen LogP contribution is 2.34. The number of hydrogen-bond donors (Lipinski definition) is 1. The standard InChI is InChI=1S/C20H20FNO3/c1-4-24-18-10-15(19-12(2)22-25-13(19)3)9-16(11-18)20(23)14-5-7-17(21)8-6-14/h5-11,20,23H,4H2,1-3H3. The van der Waals surface area contributed by atoms with E-state index in [1.54, 1.807) is 18.2 Å². The van der Waals surface area contributed by atoms with Crippen molar-refractivity contribution in [2.75, 3.05) is 6.61 Å². The maximum absolute atomic E-state index is 13.1. The lowest BCUT2D eigenvalue weighted by atomic mass is 9.96. The van der Waals surface area contributed by atoms with Gasteiger partial charge in [-0.3, -0.25) is 0 Å². The van der Waals surface area contributed by atoms with E-state index in [1.807, 2.05) is 32.9 Å². The largest absolute Gasteiger partial charge is 0.494 e. The van der Waals surface area contributed by atoms with Crippen LogP contribution in [-0.2, 0) is 0 Å². The summed E-state index contributed by atoms with van der Waals surface area (Å²) in [6.45, 7) is 6.13. The minimum absolute atomic E-state index is 0.338. The molecule has 2 aromatic carbocycles. The molecule has 0 amide bonds. The Balaban J connectivity index is 2.08. The molecule has 3 rings (SSSR count). The molecule has 5 heteroatoms. The van der Waals surface area contributed by atoms with E-state index >= 15 is 0 Å². The van der Waals surface area contributed by atoms with Gasteiger partial charge >= 0.3 is 0 Å². The fourth-order valence-electron chi connectivity index (χ4n) is 2.91. The third-order valence-corrected chi connectivity index (χ3v) is 4.06. The van der Waals surface area contributed by atoms with Gasteiger partial charge in [0, 0.05) is 5.56 Å². The molecule has 0 aliphatic carbocycles. The summed E-state index contributed by atoms with van der Waals surface area (Å²) in [5, 5.41) is 14.7. The van der Waals surface area contributed by atoms with Crippen LogP contribution in [0.3, 0.4) is 0 Å². The number of ether oxygens (including phenoxy) is 1. The van der Waals surface area contributed by atoms with Crippen LogP contribution in [0.25, 0.3) is 11.1 Å². The van der Waals surface area contributed by atoms with Crippen molar-refractivity contribution < 1.29 is 18.8 Å². The van der Waals surface area contributed by atoms with Crippen LogP contribution in [0.2, 0.25) is 0 Å². The van der Waals surface area contributed by atoms with Crippen molar-refractivity contribution in [1.29, 1.82) is 0 Å². The Labute approximate surface area is 145 Å². The van der Waals surface area contributed by atoms with Crippen LogP contribution >= 0.6 is 0 Å². The molecule has 3 aromatic rings. The van der Waals surface area contributed by atoms with E-state index in [-0.39, 0.29) is 5.82 Å². The molecule has 4 nitrogen and oxygen atoms in total. The van der Waals surface area contributed by atoms with Gasteiger partial charge in [-0.05, 0) is 67.8 Å². The minimum atomic E-state index is -0.889. The number of aliphatic hydroxyl groups excluding tert-OH is 1. The molecule has 0 radical (unpaired) electrons. The van der Waals surface area contributed by atoms with E-state index in [2.05, 4.69) is 5.16 Å². The summed E-state index contributed by atoms with van der Waals surface area (Å²) in [6, 6.07) is 11.4. The molecular weight excluding hydrogens is 321 g/mol. The molecule has 0 fully saturated rings. The second kappa shape index (κ2) is 7.07. The van der Waals surface area contributed by atoms with E-state index in [0.717, 1.165) is 16.8 Å². The molecule has 0 bridgehead atoms. The van der Waals surface area contributed by atoms with E-state index < -0.39 is 6.10 Å². The number of benzene rings is 2. The Hall–Kier alpha value is -2.66. The van der Waals surface area contributed by atoms with Gasteiger partial charge in [0.1, 0.15) is 23.4 Å². The first-order valence-electron chi connectivity index (χ1n) is 8.14. The van der Waals surface area contributed by atoms with Crippen LogP contribution in [-0.4, -0.2) is 16.9 Å². The number of aromatic nitrogens is 1. The van der Waals surface area contributed by atoms with Crippen molar-refractivity contribution in [3.63, 3.8) is 0 Å². The van der Waals surface area contributed by atoms with Crippen molar-refractivity contribution >= 4 is 0 Å². The van der Waals surface area contributed by atoms with Crippen LogP contribution in [0.5, 0.6) is 5.75 Å². The number of aryl methyl sites for hydroxylation is 2. The molecule has 1 N–H and O–H groups in total. The zero-order valence-electron chi connectivity index (χ0n) is 14.4. The second-order valence-electron chi connectivity index (χ2n) is 5.88. The molecule has 1 atom stereocenters. The number of aliphatic hydroxyl groups is 1. The molecule has 0 saturated carbocycles. The third-order valence-electron chi connectivity index (χ3n) is 4.06. The lowest BCUT2D eigenvalue weighted by Crippen LogP contribution is -2.02. The van der Waals surface area contributed by atoms with Gasteiger partial charge in [-0.25, -0.2) is 4.39 Å². The second-order valence-corrected chi connectivity index (χ2v) is 5.88. The first-order chi connectivity index (χ1) is 12.0.